The van der Waals surface area contributed by atoms with Gasteiger partial charge in [0.25, 0.3) is 0 Å². The molecule has 1 aliphatic rings. The van der Waals surface area contributed by atoms with Crippen molar-refractivity contribution in [1.29, 1.82) is 0 Å². The summed E-state index contributed by atoms with van der Waals surface area (Å²) in [5, 5.41) is 3.15. The molecule has 0 saturated heterocycles. The Balaban J connectivity index is 2.33. The Kier molecular flexibility index (Phi) is 8.79. The molecule has 32 heavy (non-hydrogen) atoms. The van der Waals surface area contributed by atoms with Gasteiger partial charge in [0.1, 0.15) is 0 Å². The van der Waals surface area contributed by atoms with E-state index < -0.39 is 15.4 Å². The molecular weight excluding hydrogens is 422 g/mol. The van der Waals surface area contributed by atoms with Crippen molar-refractivity contribution in [3.63, 3.8) is 0 Å². The fourth-order valence-corrected chi connectivity index (χ4v) is 4.69. The number of fused-ring (bicyclic) bond motifs is 1. The summed E-state index contributed by atoms with van der Waals surface area (Å²) in [5.74, 6) is -0.0443. The third-order valence-corrected chi connectivity index (χ3v) is 6.74. The van der Waals surface area contributed by atoms with Crippen LogP contribution in [-0.2, 0) is 27.8 Å². The van der Waals surface area contributed by atoms with Crippen molar-refractivity contribution in [3.05, 3.63) is 23.3 Å². The highest BCUT2D eigenvalue weighted by atomic mass is 32.2. The summed E-state index contributed by atoms with van der Waals surface area (Å²) in [6.45, 7) is 13.6. The van der Waals surface area contributed by atoms with Crippen molar-refractivity contribution in [1.82, 2.24) is 4.72 Å². The van der Waals surface area contributed by atoms with E-state index in [-0.39, 0.29) is 18.0 Å². The normalized spacial score (nSPS) is 15.7. The minimum atomic E-state index is -3.30. The van der Waals surface area contributed by atoms with Crippen molar-refractivity contribution in [2.75, 3.05) is 23.0 Å². The summed E-state index contributed by atoms with van der Waals surface area (Å²) in [5.41, 5.74) is 3.31. The van der Waals surface area contributed by atoms with E-state index in [4.69, 9.17) is 0 Å². The molecule has 0 unspecified atom stereocenters. The van der Waals surface area contributed by atoms with E-state index in [1.807, 2.05) is 26.8 Å². The van der Waals surface area contributed by atoms with Gasteiger partial charge in [-0.15, -0.1) is 0 Å². The molecule has 0 aromatic heterocycles. The van der Waals surface area contributed by atoms with Crippen LogP contribution in [0.4, 0.5) is 11.4 Å². The SMILES string of the molecule is CCCCCCCCN1c2c(cc(CNS(C)(=O)=O)cc2NC(=O)C(C)(C)C)CC1(C)C. The number of nitrogens with zero attached hydrogens (tertiary/aromatic N) is 1. The van der Waals surface area contributed by atoms with Crippen LogP contribution < -0.4 is 14.9 Å². The Labute approximate surface area is 195 Å². The summed E-state index contributed by atoms with van der Waals surface area (Å²) in [6.07, 6.45) is 9.46. The largest absolute Gasteiger partial charge is 0.364 e. The topological polar surface area (TPSA) is 78.5 Å². The zero-order valence-corrected chi connectivity index (χ0v) is 21.9. The van der Waals surface area contributed by atoms with Crippen LogP contribution in [0, 0.1) is 5.41 Å². The lowest BCUT2D eigenvalue weighted by atomic mass is 9.95. The van der Waals surface area contributed by atoms with E-state index in [0.717, 1.165) is 48.1 Å². The molecule has 1 heterocycles. The average molecular weight is 466 g/mol. The van der Waals surface area contributed by atoms with Crippen molar-refractivity contribution in [2.45, 2.75) is 98.6 Å². The van der Waals surface area contributed by atoms with Crippen LogP contribution >= 0.6 is 0 Å². The minimum absolute atomic E-state index is 0.0443. The van der Waals surface area contributed by atoms with Gasteiger partial charge in [0, 0.05) is 24.0 Å². The summed E-state index contributed by atoms with van der Waals surface area (Å²) in [4.78, 5) is 15.3. The fraction of sp³-hybridized carbons (Fsp3) is 0.720. The third kappa shape index (κ3) is 7.48. The van der Waals surface area contributed by atoms with Crippen molar-refractivity contribution in [3.8, 4) is 0 Å². The van der Waals surface area contributed by atoms with Crippen LogP contribution in [0.15, 0.2) is 12.1 Å². The molecule has 182 valence electrons. The minimum Gasteiger partial charge on any atom is -0.364 e. The first-order valence-electron chi connectivity index (χ1n) is 11.9. The number of benzene rings is 1. The van der Waals surface area contributed by atoms with E-state index in [2.05, 4.69) is 41.8 Å². The number of amides is 1. The molecule has 1 aromatic rings. The molecule has 0 atom stereocenters. The van der Waals surface area contributed by atoms with E-state index in [9.17, 15) is 13.2 Å². The maximum Gasteiger partial charge on any atom is 0.229 e. The second-order valence-corrected chi connectivity index (χ2v) is 12.7. The van der Waals surface area contributed by atoms with Crippen LogP contribution in [-0.4, -0.2) is 32.7 Å². The maximum absolute atomic E-state index is 12.8. The predicted molar refractivity (Wildman–Crippen MR) is 135 cm³/mol. The van der Waals surface area contributed by atoms with Crippen LogP contribution in [0.3, 0.4) is 0 Å². The molecule has 1 amide bonds. The smallest absolute Gasteiger partial charge is 0.229 e. The predicted octanol–water partition coefficient (Wildman–Crippen LogP) is 5.22. The molecule has 7 heteroatoms. The zero-order chi connectivity index (χ0) is 24.2. The fourth-order valence-electron chi connectivity index (χ4n) is 4.26. The van der Waals surface area contributed by atoms with Gasteiger partial charge in [0.05, 0.1) is 17.6 Å². The number of hydrogen-bond donors (Lipinski definition) is 2. The molecule has 0 saturated carbocycles. The number of carbonyl (C=O) groups excluding carboxylic acids is 1. The van der Waals surface area contributed by atoms with E-state index in [0.29, 0.717) is 0 Å². The third-order valence-electron chi connectivity index (χ3n) is 6.08. The number of rotatable bonds is 11. The quantitative estimate of drug-likeness (QED) is 0.439. The number of anilines is 2. The van der Waals surface area contributed by atoms with Gasteiger partial charge in [-0.25, -0.2) is 13.1 Å². The molecule has 0 spiro atoms. The monoisotopic (exact) mass is 465 g/mol. The first-order chi connectivity index (χ1) is 14.7. The van der Waals surface area contributed by atoms with Gasteiger partial charge in [-0.05, 0) is 43.9 Å². The Bertz CT molecular complexity index is 902. The molecule has 0 bridgehead atoms. The van der Waals surface area contributed by atoms with E-state index in [1.165, 1.54) is 32.1 Å². The molecule has 0 radical (unpaired) electrons. The Hall–Kier alpha value is -1.60. The highest BCUT2D eigenvalue weighted by molar-refractivity contribution is 7.88. The van der Waals surface area contributed by atoms with Gasteiger partial charge in [-0.3, -0.25) is 4.79 Å². The second kappa shape index (κ2) is 10.6. The van der Waals surface area contributed by atoms with Gasteiger partial charge >= 0.3 is 0 Å². The number of unbranched alkanes of at least 4 members (excludes halogenated alkanes) is 5. The molecule has 0 aliphatic carbocycles. The van der Waals surface area contributed by atoms with Gasteiger partial charge in [0.15, 0.2) is 0 Å². The summed E-state index contributed by atoms with van der Waals surface area (Å²) < 4.78 is 25.8. The molecule has 6 nitrogen and oxygen atoms in total. The second-order valence-electron chi connectivity index (χ2n) is 10.9. The Morgan fingerprint density at radius 1 is 1.09 bits per heavy atom. The van der Waals surface area contributed by atoms with Crippen LogP contribution in [0.1, 0.15) is 91.2 Å². The molecule has 1 aromatic carbocycles. The van der Waals surface area contributed by atoms with Crippen molar-refractivity contribution < 1.29 is 13.2 Å². The molecule has 0 fully saturated rings. The van der Waals surface area contributed by atoms with Gasteiger partial charge in [0.2, 0.25) is 15.9 Å². The maximum atomic E-state index is 12.8. The first kappa shape index (κ1) is 26.7. The highest BCUT2D eigenvalue weighted by Crippen LogP contribution is 2.45. The molecule has 2 rings (SSSR count). The highest BCUT2D eigenvalue weighted by Gasteiger charge is 2.38. The number of nitrogens with one attached hydrogen (secondary N) is 2. The van der Waals surface area contributed by atoms with E-state index in [1.54, 1.807) is 0 Å². The van der Waals surface area contributed by atoms with Crippen LogP contribution in [0.25, 0.3) is 0 Å². The molecular formula is C25H43N3O3S. The Morgan fingerprint density at radius 2 is 1.72 bits per heavy atom. The standard InChI is InChI=1S/C25H43N3O3S/c1-8-9-10-11-12-13-14-28-22-20(17-25(28,5)6)15-19(18-26-32(7,30)31)16-21(22)27-23(29)24(2,3)4/h15-16,26H,8-14,17-18H2,1-7H3,(H,27,29). The zero-order valence-electron chi connectivity index (χ0n) is 21.1. The first-order valence-corrected chi connectivity index (χ1v) is 13.8. The van der Waals surface area contributed by atoms with Crippen molar-refractivity contribution >= 4 is 27.3 Å². The average Bonchev–Trinajstić information content (AvgIpc) is 2.91. The van der Waals surface area contributed by atoms with Gasteiger partial charge < -0.3 is 10.2 Å². The van der Waals surface area contributed by atoms with Gasteiger partial charge in [-0.1, -0.05) is 65.9 Å². The van der Waals surface area contributed by atoms with Crippen LogP contribution in [0.5, 0.6) is 0 Å². The summed E-state index contributed by atoms with van der Waals surface area (Å²) in [7, 11) is -3.30. The molecule has 1 aliphatic heterocycles. The number of carbonyl (C=O) groups is 1. The van der Waals surface area contributed by atoms with Gasteiger partial charge in [-0.2, -0.15) is 0 Å². The van der Waals surface area contributed by atoms with E-state index >= 15 is 0 Å². The lowest BCUT2D eigenvalue weighted by molar-refractivity contribution is -0.123. The molecule has 2 N–H and O–H groups in total. The lowest BCUT2D eigenvalue weighted by Crippen LogP contribution is -2.42. The van der Waals surface area contributed by atoms with Crippen LogP contribution in [0.2, 0.25) is 0 Å². The lowest BCUT2D eigenvalue weighted by Gasteiger charge is -2.35. The Morgan fingerprint density at radius 3 is 2.31 bits per heavy atom. The summed E-state index contributed by atoms with van der Waals surface area (Å²) >= 11 is 0. The summed E-state index contributed by atoms with van der Waals surface area (Å²) in [6, 6.07) is 4.01. The number of sulfonamides is 1. The van der Waals surface area contributed by atoms with Crippen molar-refractivity contribution in [2.24, 2.45) is 5.41 Å². The number of hydrogen-bond acceptors (Lipinski definition) is 4.